The molecule has 1 nitrogen and oxygen atoms in total. The first-order valence-electron chi connectivity index (χ1n) is 6.79. The summed E-state index contributed by atoms with van der Waals surface area (Å²) >= 11 is 0. The minimum Gasteiger partial charge on any atom is -0.501 e. The van der Waals surface area contributed by atoms with Gasteiger partial charge in [0.2, 0.25) is 0 Å². The van der Waals surface area contributed by atoms with E-state index in [1.165, 1.54) is 11.1 Å². The quantitative estimate of drug-likeness (QED) is 0.524. The summed E-state index contributed by atoms with van der Waals surface area (Å²) in [4.78, 5) is 0. The van der Waals surface area contributed by atoms with Gasteiger partial charge in [-0.2, -0.15) is 0 Å². The fourth-order valence-electron chi connectivity index (χ4n) is 1.92. The van der Waals surface area contributed by atoms with E-state index in [1.54, 1.807) is 0 Å². The second kappa shape index (κ2) is 8.15. The van der Waals surface area contributed by atoms with E-state index >= 15 is 0 Å². The molecule has 2 rings (SSSR count). The standard InChI is InChI=1S/C18H20O/c1-3-9-17(10-4-1)13-7-8-15-19-16-14-18-11-5-2-6-12-18/h1-6,8-12,15H,7,13-14,16H2/b15-8-. The molecule has 0 aliphatic heterocycles. The van der Waals surface area contributed by atoms with Crippen molar-refractivity contribution in [2.45, 2.75) is 19.3 Å². The van der Waals surface area contributed by atoms with Crippen LogP contribution in [0, 0.1) is 0 Å². The van der Waals surface area contributed by atoms with Gasteiger partial charge in [0.25, 0.3) is 0 Å². The van der Waals surface area contributed by atoms with Crippen LogP contribution in [0.1, 0.15) is 17.5 Å². The van der Waals surface area contributed by atoms with E-state index in [9.17, 15) is 0 Å². The molecular formula is C18H20O. The maximum atomic E-state index is 5.49. The zero-order chi connectivity index (χ0) is 13.2. The van der Waals surface area contributed by atoms with Gasteiger partial charge in [0.15, 0.2) is 0 Å². The number of ether oxygens (including phenoxy) is 1. The van der Waals surface area contributed by atoms with Crippen LogP contribution in [0.3, 0.4) is 0 Å². The Labute approximate surface area is 115 Å². The van der Waals surface area contributed by atoms with E-state index in [0.717, 1.165) is 25.9 Å². The monoisotopic (exact) mass is 252 g/mol. The third kappa shape index (κ3) is 5.43. The first-order chi connectivity index (χ1) is 9.45. The summed E-state index contributed by atoms with van der Waals surface area (Å²) < 4.78 is 5.49. The SMILES string of the molecule is C(=C/OCCc1ccccc1)/CCc1ccccc1. The number of hydrogen-bond donors (Lipinski definition) is 0. The molecule has 0 saturated heterocycles. The smallest absolute Gasteiger partial charge is 0.0913 e. The Bertz CT molecular complexity index is 474. The van der Waals surface area contributed by atoms with E-state index in [2.05, 4.69) is 54.6 Å². The van der Waals surface area contributed by atoms with Crippen molar-refractivity contribution in [3.05, 3.63) is 84.1 Å². The molecule has 0 aromatic heterocycles. The third-order valence-corrected chi connectivity index (χ3v) is 2.99. The van der Waals surface area contributed by atoms with Gasteiger partial charge in [-0.15, -0.1) is 0 Å². The minimum atomic E-state index is 0.742. The van der Waals surface area contributed by atoms with Crippen LogP contribution in [-0.4, -0.2) is 6.61 Å². The second-order valence-electron chi connectivity index (χ2n) is 4.50. The van der Waals surface area contributed by atoms with Gasteiger partial charge in [0.05, 0.1) is 12.9 Å². The lowest BCUT2D eigenvalue weighted by molar-refractivity contribution is 0.252. The zero-order valence-corrected chi connectivity index (χ0v) is 11.2. The first-order valence-corrected chi connectivity index (χ1v) is 6.79. The summed E-state index contributed by atoms with van der Waals surface area (Å²) in [6.07, 6.45) is 6.97. The molecule has 0 fully saturated rings. The zero-order valence-electron chi connectivity index (χ0n) is 11.2. The van der Waals surface area contributed by atoms with Crippen molar-refractivity contribution < 1.29 is 4.74 Å². The summed E-state index contributed by atoms with van der Waals surface area (Å²) in [5, 5.41) is 0. The fourth-order valence-corrected chi connectivity index (χ4v) is 1.92. The van der Waals surface area contributed by atoms with E-state index in [1.807, 2.05) is 18.4 Å². The van der Waals surface area contributed by atoms with E-state index in [-0.39, 0.29) is 0 Å². The molecule has 0 saturated carbocycles. The van der Waals surface area contributed by atoms with Gasteiger partial charge in [-0.25, -0.2) is 0 Å². The highest BCUT2D eigenvalue weighted by Gasteiger charge is 1.90. The molecule has 0 amide bonds. The molecule has 2 aromatic carbocycles. The lowest BCUT2D eigenvalue weighted by Crippen LogP contribution is -1.93. The Kier molecular flexibility index (Phi) is 5.75. The Morgan fingerprint density at radius 2 is 1.32 bits per heavy atom. The normalized spacial score (nSPS) is 10.7. The van der Waals surface area contributed by atoms with Crippen molar-refractivity contribution in [3.8, 4) is 0 Å². The maximum absolute atomic E-state index is 5.49. The van der Waals surface area contributed by atoms with Crippen LogP contribution in [0.5, 0.6) is 0 Å². The van der Waals surface area contributed by atoms with Crippen molar-refractivity contribution in [2.24, 2.45) is 0 Å². The van der Waals surface area contributed by atoms with Crippen LogP contribution in [0.4, 0.5) is 0 Å². The Balaban J connectivity index is 1.57. The lowest BCUT2D eigenvalue weighted by atomic mass is 10.1. The van der Waals surface area contributed by atoms with Crippen LogP contribution in [0.2, 0.25) is 0 Å². The van der Waals surface area contributed by atoms with Gasteiger partial charge in [-0.05, 0) is 30.0 Å². The molecule has 0 aliphatic carbocycles. The first kappa shape index (κ1) is 13.4. The van der Waals surface area contributed by atoms with Gasteiger partial charge in [-0.3, -0.25) is 0 Å². The molecule has 1 heteroatoms. The van der Waals surface area contributed by atoms with Crippen molar-refractivity contribution in [2.75, 3.05) is 6.61 Å². The topological polar surface area (TPSA) is 9.23 Å². The average molecular weight is 252 g/mol. The van der Waals surface area contributed by atoms with Gasteiger partial charge < -0.3 is 4.74 Å². The van der Waals surface area contributed by atoms with Crippen molar-refractivity contribution >= 4 is 0 Å². The average Bonchev–Trinajstić information content (AvgIpc) is 2.48. The van der Waals surface area contributed by atoms with Crippen LogP contribution >= 0.6 is 0 Å². The molecule has 0 heterocycles. The molecule has 0 radical (unpaired) electrons. The molecule has 0 spiro atoms. The molecule has 2 aromatic rings. The fraction of sp³-hybridized carbons (Fsp3) is 0.222. The summed E-state index contributed by atoms with van der Waals surface area (Å²) in [6.45, 7) is 0.742. The molecule has 0 unspecified atom stereocenters. The molecular weight excluding hydrogens is 232 g/mol. The van der Waals surface area contributed by atoms with E-state index in [4.69, 9.17) is 4.74 Å². The molecule has 0 aliphatic rings. The predicted octanol–water partition coefficient (Wildman–Crippen LogP) is 4.39. The summed E-state index contributed by atoms with van der Waals surface area (Å²) in [5.41, 5.74) is 2.69. The summed E-state index contributed by atoms with van der Waals surface area (Å²) in [5.74, 6) is 0. The lowest BCUT2D eigenvalue weighted by Gasteiger charge is -2.01. The van der Waals surface area contributed by atoms with Gasteiger partial charge in [-0.1, -0.05) is 60.7 Å². The van der Waals surface area contributed by atoms with Gasteiger partial charge in [0, 0.05) is 6.42 Å². The number of aryl methyl sites for hydroxylation is 1. The molecule has 0 atom stereocenters. The Morgan fingerprint density at radius 3 is 1.95 bits per heavy atom. The highest BCUT2D eigenvalue weighted by atomic mass is 16.5. The summed E-state index contributed by atoms with van der Waals surface area (Å²) in [6, 6.07) is 20.9. The molecule has 0 bridgehead atoms. The van der Waals surface area contributed by atoms with Crippen LogP contribution < -0.4 is 0 Å². The van der Waals surface area contributed by atoms with Crippen molar-refractivity contribution in [3.63, 3.8) is 0 Å². The van der Waals surface area contributed by atoms with Crippen LogP contribution in [0.25, 0.3) is 0 Å². The van der Waals surface area contributed by atoms with Crippen LogP contribution in [-0.2, 0) is 17.6 Å². The maximum Gasteiger partial charge on any atom is 0.0913 e. The highest BCUT2D eigenvalue weighted by Crippen LogP contribution is 2.03. The number of benzene rings is 2. The Morgan fingerprint density at radius 1 is 0.737 bits per heavy atom. The molecule has 98 valence electrons. The Hall–Kier alpha value is -2.02. The third-order valence-electron chi connectivity index (χ3n) is 2.99. The molecule has 0 N–H and O–H groups in total. The highest BCUT2D eigenvalue weighted by molar-refractivity contribution is 5.15. The van der Waals surface area contributed by atoms with Crippen molar-refractivity contribution in [1.82, 2.24) is 0 Å². The van der Waals surface area contributed by atoms with Crippen LogP contribution in [0.15, 0.2) is 73.0 Å². The van der Waals surface area contributed by atoms with E-state index in [0.29, 0.717) is 0 Å². The summed E-state index contributed by atoms with van der Waals surface area (Å²) in [7, 11) is 0. The predicted molar refractivity (Wildman–Crippen MR) is 80.0 cm³/mol. The van der Waals surface area contributed by atoms with Crippen molar-refractivity contribution in [1.29, 1.82) is 0 Å². The number of allylic oxidation sites excluding steroid dienone is 1. The van der Waals surface area contributed by atoms with Gasteiger partial charge >= 0.3 is 0 Å². The largest absolute Gasteiger partial charge is 0.501 e. The number of hydrogen-bond acceptors (Lipinski definition) is 1. The number of rotatable bonds is 7. The second-order valence-corrected chi connectivity index (χ2v) is 4.50. The molecule has 19 heavy (non-hydrogen) atoms. The minimum absolute atomic E-state index is 0.742. The van der Waals surface area contributed by atoms with Gasteiger partial charge in [0.1, 0.15) is 0 Å². The van der Waals surface area contributed by atoms with E-state index < -0.39 is 0 Å².